The van der Waals surface area contributed by atoms with E-state index in [1.807, 2.05) is 0 Å². The molecule has 92 valence electrons. The highest BCUT2D eigenvalue weighted by atomic mass is 19.1. The average molecular weight is 241 g/mol. The molecular formula is C11H12FNO4. The van der Waals surface area contributed by atoms with Gasteiger partial charge in [-0.3, -0.25) is 5.32 Å². The average Bonchev–Trinajstić information content (AvgIpc) is 2.19. The number of carbonyl (C=O) groups is 2. The number of carboxylic acid groups (broad SMARTS) is 1. The maximum absolute atomic E-state index is 13.4. The number of hydrogen-bond acceptors (Lipinski definition) is 3. The predicted molar refractivity (Wildman–Crippen MR) is 58.6 cm³/mol. The van der Waals surface area contributed by atoms with Gasteiger partial charge in [0.2, 0.25) is 0 Å². The highest BCUT2D eigenvalue weighted by Crippen LogP contribution is 2.20. The number of ether oxygens (including phenoxy) is 1. The summed E-state index contributed by atoms with van der Waals surface area (Å²) < 4.78 is 18.1. The molecule has 0 atom stereocenters. The maximum atomic E-state index is 13.4. The molecule has 1 aromatic carbocycles. The molecule has 0 aromatic heterocycles. The third kappa shape index (κ3) is 3.44. The predicted octanol–water partition coefficient (Wildman–Crippen LogP) is 2.48. The van der Waals surface area contributed by atoms with Crippen LogP contribution in [-0.2, 0) is 4.74 Å². The van der Waals surface area contributed by atoms with Crippen LogP contribution >= 0.6 is 0 Å². The summed E-state index contributed by atoms with van der Waals surface area (Å²) in [6.45, 7) is 3.25. The Morgan fingerprint density at radius 2 is 2.06 bits per heavy atom. The van der Waals surface area contributed by atoms with Crippen molar-refractivity contribution in [2.75, 3.05) is 5.32 Å². The number of halogens is 1. The van der Waals surface area contributed by atoms with Crippen LogP contribution in [0, 0.1) is 5.82 Å². The summed E-state index contributed by atoms with van der Waals surface area (Å²) in [7, 11) is 0. The summed E-state index contributed by atoms with van der Waals surface area (Å²) in [6.07, 6.45) is -1.28. The fraction of sp³-hybridized carbons (Fsp3) is 0.273. The van der Waals surface area contributed by atoms with Gasteiger partial charge in [0.25, 0.3) is 0 Å². The molecule has 1 rings (SSSR count). The van der Waals surface area contributed by atoms with Gasteiger partial charge in [-0.25, -0.2) is 14.0 Å². The number of carboxylic acids is 1. The van der Waals surface area contributed by atoms with E-state index in [1.54, 1.807) is 13.8 Å². The lowest BCUT2D eigenvalue weighted by atomic mass is 10.1. The van der Waals surface area contributed by atoms with Gasteiger partial charge in [0.15, 0.2) is 0 Å². The van der Waals surface area contributed by atoms with Crippen molar-refractivity contribution in [3.63, 3.8) is 0 Å². The van der Waals surface area contributed by atoms with Gasteiger partial charge in [-0.15, -0.1) is 0 Å². The van der Waals surface area contributed by atoms with Crippen LogP contribution in [0.25, 0.3) is 0 Å². The molecule has 0 radical (unpaired) electrons. The zero-order valence-corrected chi connectivity index (χ0v) is 9.36. The molecule has 0 bridgehead atoms. The van der Waals surface area contributed by atoms with E-state index in [0.29, 0.717) is 0 Å². The lowest BCUT2D eigenvalue weighted by Crippen LogP contribution is -2.20. The number of amides is 1. The van der Waals surface area contributed by atoms with Crippen LogP contribution < -0.4 is 5.32 Å². The van der Waals surface area contributed by atoms with Gasteiger partial charge in [0.05, 0.1) is 17.4 Å². The fourth-order valence-corrected chi connectivity index (χ4v) is 1.18. The summed E-state index contributed by atoms with van der Waals surface area (Å²) >= 11 is 0. The number of aromatic carboxylic acids is 1. The molecule has 0 unspecified atom stereocenters. The van der Waals surface area contributed by atoms with E-state index < -0.39 is 23.6 Å². The number of benzene rings is 1. The molecule has 2 N–H and O–H groups in total. The molecule has 0 saturated heterocycles. The van der Waals surface area contributed by atoms with Crippen molar-refractivity contribution >= 4 is 17.7 Å². The van der Waals surface area contributed by atoms with Crippen molar-refractivity contribution < 1.29 is 23.8 Å². The Bertz CT molecular complexity index is 445. The van der Waals surface area contributed by atoms with Crippen LogP contribution in [0.15, 0.2) is 18.2 Å². The standard InChI is InChI=1S/C11H12FNO4/c1-6(2)17-11(16)13-9-7(10(14)15)4-3-5-8(9)12/h3-6H,1-2H3,(H,13,16)(H,14,15). The second-order valence-corrected chi connectivity index (χ2v) is 3.55. The monoisotopic (exact) mass is 241 g/mol. The van der Waals surface area contributed by atoms with Crippen molar-refractivity contribution in [1.82, 2.24) is 0 Å². The van der Waals surface area contributed by atoms with Crippen molar-refractivity contribution in [3.8, 4) is 0 Å². The number of hydrogen-bond donors (Lipinski definition) is 2. The van der Waals surface area contributed by atoms with Crippen LogP contribution in [0.1, 0.15) is 24.2 Å². The topological polar surface area (TPSA) is 75.6 Å². The Labute approximate surface area is 97.2 Å². The van der Waals surface area contributed by atoms with E-state index in [0.717, 1.165) is 6.07 Å². The van der Waals surface area contributed by atoms with E-state index in [-0.39, 0.29) is 11.7 Å². The highest BCUT2D eigenvalue weighted by Gasteiger charge is 2.17. The van der Waals surface area contributed by atoms with Gasteiger partial charge in [-0.2, -0.15) is 0 Å². The first-order chi connectivity index (χ1) is 7.91. The van der Waals surface area contributed by atoms with Gasteiger partial charge in [0.1, 0.15) is 5.82 Å². The molecule has 5 nitrogen and oxygen atoms in total. The first-order valence-corrected chi connectivity index (χ1v) is 4.91. The minimum Gasteiger partial charge on any atom is -0.478 e. The van der Waals surface area contributed by atoms with Crippen LogP contribution in [-0.4, -0.2) is 23.3 Å². The van der Waals surface area contributed by atoms with E-state index in [2.05, 4.69) is 5.32 Å². The first-order valence-electron chi connectivity index (χ1n) is 4.91. The highest BCUT2D eigenvalue weighted by molar-refractivity contribution is 5.98. The summed E-state index contributed by atoms with van der Waals surface area (Å²) in [5, 5.41) is 10.9. The third-order valence-corrected chi connectivity index (χ3v) is 1.81. The molecule has 17 heavy (non-hydrogen) atoms. The molecule has 1 amide bonds. The largest absolute Gasteiger partial charge is 0.478 e. The zero-order chi connectivity index (χ0) is 13.0. The number of para-hydroxylation sites is 1. The lowest BCUT2D eigenvalue weighted by Gasteiger charge is -2.11. The zero-order valence-electron chi connectivity index (χ0n) is 9.36. The number of anilines is 1. The molecule has 0 aliphatic carbocycles. The molecule has 6 heteroatoms. The van der Waals surface area contributed by atoms with E-state index in [4.69, 9.17) is 9.84 Å². The van der Waals surface area contributed by atoms with Crippen molar-refractivity contribution in [1.29, 1.82) is 0 Å². The Balaban J connectivity index is 2.97. The summed E-state index contributed by atoms with van der Waals surface area (Å²) in [5.41, 5.74) is -0.726. The molecular weight excluding hydrogens is 229 g/mol. The first kappa shape index (κ1) is 13.0. The van der Waals surface area contributed by atoms with Crippen LogP contribution in [0.2, 0.25) is 0 Å². The SMILES string of the molecule is CC(C)OC(=O)Nc1c(F)cccc1C(=O)O. The van der Waals surface area contributed by atoms with Gasteiger partial charge in [0, 0.05) is 0 Å². The number of nitrogens with one attached hydrogen (secondary N) is 1. The van der Waals surface area contributed by atoms with Gasteiger partial charge in [-0.1, -0.05) is 6.07 Å². The van der Waals surface area contributed by atoms with Gasteiger partial charge < -0.3 is 9.84 Å². The Morgan fingerprint density at radius 1 is 1.41 bits per heavy atom. The summed E-state index contributed by atoms with van der Waals surface area (Å²) in [4.78, 5) is 22.1. The van der Waals surface area contributed by atoms with Crippen LogP contribution in [0.5, 0.6) is 0 Å². The number of carbonyl (C=O) groups excluding carboxylic acids is 1. The third-order valence-electron chi connectivity index (χ3n) is 1.81. The quantitative estimate of drug-likeness (QED) is 0.852. The minimum absolute atomic E-state index is 0.328. The second-order valence-electron chi connectivity index (χ2n) is 3.55. The Morgan fingerprint density at radius 3 is 2.59 bits per heavy atom. The molecule has 0 aliphatic heterocycles. The minimum atomic E-state index is -1.33. The van der Waals surface area contributed by atoms with Gasteiger partial charge in [-0.05, 0) is 26.0 Å². The summed E-state index contributed by atoms with van der Waals surface area (Å²) in [5.74, 6) is -2.16. The molecule has 1 aromatic rings. The fourth-order valence-electron chi connectivity index (χ4n) is 1.18. The normalized spacial score (nSPS) is 10.1. The summed E-state index contributed by atoms with van der Waals surface area (Å²) in [6, 6.07) is 3.49. The van der Waals surface area contributed by atoms with E-state index in [1.165, 1.54) is 12.1 Å². The van der Waals surface area contributed by atoms with Crippen molar-refractivity contribution in [3.05, 3.63) is 29.6 Å². The lowest BCUT2D eigenvalue weighted by molar-refractivity contribution is 0.0697. The Kier molecular flexibility index (Phi) is 4.03. The van der Waals surface area contributed by atoms with E-state index >= 15 is 0 Å². The van der Waals surface area contributed by atoms with Crippen LogP contribution in [0.4, 0.5) is 14.9 Å². The molecule has 0 heterocycles. The van der Waals surface area contributed by atoms with E-state index in [9.17, 15) is 14.0 Å². The number of rotatable bonds is 3. The molecule has 0 fully saturated rings. The van der Waals surface area contributed by atoms with Crippen LogP contribution in [0.3, 0.4) is 0 Å². The molecule has 0 aliphatic rings. The molecule has 0 spiro atoms. The van der Waals surface area contributed by atoms with Gasteiger partial charge >= 0.3 is 12.1 Å². The maximum Gasteiger partial charge on any atom is 0.411 e. The van der Waals surface area contributed by atoms with Crippen molar-refractivity contribution in [2.24, 2.45) is 0 Å². The molecule has 0 saturated carbocycles. The smallest absolute Gasteiger partial charge is 0.411 e. The van der Waals surface area contributed by atoms with Crippen molar-refractivity contribution in [2.45, 2.75) is 20.0 Å². The second kappa shape index (κ2) is 5.29. The Hall–Kier alpha value is -2.11.